The van der Waals surface area contributed by atoms with Crippen LogP contribution < -0.4 is 0 Å². The molecule has 1 aromatic rings. The van der Waals surface area contributed by atoms with Gasteiger partial charge in [-0.2, -0.15) is 0 Å². The SMILES string of the molecule is C=O.Cc1ccccc1Cl. The van der Waals surface area contributed by atoms with E-state index in [-0.39, 0.29) is 0 Å². The molecule has 1 rings (SSSR count). The maximum atomic E-state index is 8.00. The summed E-state index contributed by atoms with van der Waals surface area (Å²) in [4.78, 5) is 8.00. The number of carbonyl (C=O) groups excluding carboxylic acids is 1. The fourth-order valence-electron chi connectivity index (χ4n) is 0.551. The lowest BCUT2D eigenvalue weighted by molar-refractivity contribution is -0.0979. The minimum absolute atomic E-state index is 0.840. The van der Waals surface area contributed by atoms with Gasteiger partial charge in [-0.15, -0.1) is 0 Å². The van der Waals surface area contributed by atoms with Crippen molar-refractivity contribution in [3.8, 4) is 0 Å². The van der Waals surface area contributed by atoms with E-state index in [9.17, 15) is 0 Å². The third-order valence-electron chi connectivity index (χ3n) is 1.08. The second-order valence-corrected chi connectivity index (χ2v) is 2.16. The van der Waals surface area contributed by atoms with Crippen molar-refractivity contribution in [3.05, 3.63) is 34.9 Å². The van der Waals surface area contributed by atoms with Gasteiger partial charge in [0.15, 0.2) is 0 Å². The monoisotopic (exact) mass is 156 g/mol. The van der Waals surface area contributed by atoms with E-state index in [4.69, 9.17) is 16.4 Å². The van der Waals surface area contributed by atoms with E-state index < -0.39 is 0 Å². The van der Waals surface area contributed by atoms with E-state index in [1.165, 1.54) is 0 Å². The van der Waals surface area contributed by atoms with Crippen LogP contribution in [-0.2, 0) is 4.79 Å². The van der Waals surface area contributed by atoms with E-state index >= 15 is 0 Å². The second kappa shape index (κ2) is 5.00. The highest BCUT2D eigenvalue weighted by Gasteiger charge is 1.86. The first kappa shape index (κ1) is 9.18. The van der Waals surface area contributed by atoms with Crippen molar-refractivity contribution in [3.63, 3.8) is 0 Å². The first-order chi connectivity index (χ1) is 4.80. The van der Waals surface area contributed by atoms with E-state index in [2.05, 4.69) is 0 Å². The quantitative estimate of drug-likeness (QED) is 0.564. The minimum atomic E-state index is 0.840. The number of carbonyl (C=O) groups is 1. The van der Waals surface area contributed by atoms with Crippen LogP contribution in [0, 0.1) is 6.92 Å². The lowest BCUT2D eigenvalue weighted by Gasteiger charge is -1.90. The first-order valence-corrected chi connectivity index (χ1v) is 3.18. The molecule has 0 bridgehead atoms. The molecule has 0 aliphatic carbocycles. The summed E-state index contributed by atoms with van der Waals surface area (Å²) in [5.74, 6) is 0. The van der Waals surface area contributed by atoms with Crippen molar-refractivity contribution in [2.75, 3.05) is 0 Å². The molecule has 0 N–H and O–H groups in total. The van der Waals surface area contributed by atoms with Gasteiger partial charge in [-0.05, 0) is 18.6 Å². The molecule has 0 radical (unpaired) electrons. The number of hydrogen-bond acceptors (Lipinski definition) is 1. The Morgan fingerprint density at radius 3 is 2.10 bits per heavy atom. The predicted molar refractivity (Wildman–Crippen MR) is 43.3 cm³/mol. The molecule has 2 heteroatoms. The van der Waals surface area contributed by atoms with Crippen molar-refractivity contribution < 1.29 is 4.79 Å². The van der Waals surface area contributed by atoms with Gasteiger partial charge < -0.3 is 4.79 Å². The Morgan fingerprint density at radius 2 is 1.80 bits per heavy atom. The van der Waals surface area contributed by atoms with Crippen molar-refractivity contribution >= 4 is 18.4 Å². The molecule has 0 aromatic heterocycles. The number of rotatable bonds is 0. The summed E-state index contributed by atoms with van der Waals surface area (Å²) in [5.41, 5.74) is 1.13. The number of halogens is 1. The molecule has 0 heterocycles. The molecule has 0 spiro atoms. The van der Waals surface area contributed by atoms with Gasteiger partial charge in [0.25, 0.3) is 0 Å². The van der Waals surface area contributed by atoms with Crippen molar-refractivity contribution in [2.24, 2.45) is 0 Å². The van der Waals surface area contributed by atoms with Gasteiger partial charge in [-0.3, -0.25) is 0 Å². The normalized spacial score (nSPS) is 7.80. The van der Waals surface area contributed by atoms with E-state index in [1.54, 1.807) is 0 Å². The van der Waals surface area contributed by atoms with E-state index in [1.807, 2.05) is 38.0 Å². The van der Waals surface area contributed by atoms with Crippen LogP contribution in [0.2, 0.25) is 5.02 Å². The van der Waals surface area contributed by atoms with Gasteiger partial charge in [0.05, 0.1) is 0 Å². The summed E-state index contributed by atoms with van der Waals surface area (Å²) < 4.78 is 0. The van der Waals surface area contributed by atoms with Gasteiger partial charge in [-0.25, -0.2) is 0 Å². The number of hydrogen-bond donors (Lipinski definition) is 0. The number of aryl methyl sites for hydroxylation is 1. The highest BCUT2D eigenvalue weighted by atomic mass is 35.5. The molecule has 54 valence electrons. The van der Waals surface area contributed by atoms with Crippen LogP contribution in [0.25, 0.3) is 0 Å². The Bertz CT molecular complexity index is 177. The van der Waals surface area contributed by atoms with Crippen LogP contribution in [0.1, 0.15) is 5.56 Å². The molecular formula is C8H9ClO. The predicted octanol–water partition coefficient (Wildman–Crippen LogP) is 2.46. The van der Waals surface area contributed by atoms with Crippen LogP contribution in [0.3, 0.4) is 0 Å². The zero-order chi connectivity index (χ0) is 7.98. The summed E-state index contributed by atoms with van der Waals surface area (Å²) in [5, 5.41) is 0.840. The molecular weight excluding hydrogens is 148 g/mol. The Labute approximate surface area is 65.6 Å². The molecule has 1 aromatic carbocycles. The zero-order valence-corrected chi connectivity index (χ0v) is 6.56. The van der Waals surface area contributed by atoms with Crippen LogP contribution in [-0.4, -0.2) is 6.79 Å². The Hall–Kier alpha value is -0.820. The highest BCUT2D eigenvalue weighted by molar-refractivity contribution is 6.31. The van der Waals surface area contributed by atoms with Gasteiger partial charge in [0.1, 0.15) is 6.79 Å². The standard InChI is InChI=1S/C7H7Cl.CH2O/c1-6-4-2-3-5-7(6)8;1-2/h2-5H,1H3;1H2. The average molecular weight is 157 g/mol. The first-order valence-electron chi connectivity index (χ1n) is 2.81. The Kier molecular flexibility index (Phi) is 4.59. The lowest BCUT2D eigenvalue weighted by Crippen LogP contribution is -1.68. The largest absolute Gasteiger partial charge is 0.307 e. The minimum Gasteiger partial charge on any atom is -0.307 e. The lowest BCUT2D eigenvalue weighted by atomic mass is 10.2. The zero-order valence-electron chi connectivity index (χ0n) is 5.80. The summed E-state index contributed by atoms with van der Waals surface area (Å²) in [6.45, 7) is 3.99. The summed E-state index contributed by atoms with van der Waals surface area (Å²) in [6, 6.07) is 7.77. The Balaban J connectivity index is 0.000000371. The highest BCUT2D eigenvalue weighted by Crippen LogP contribution is 2.11. The maximum absolute atomic E-state index is 8.00. The molecule has 0 aliphatic rings. The summed E-state index contributed by atoms with van der Waals surface area (Å²) in [7, 11) is 0. The van der Waals surface area contributed by atoms with Gasteiger partial charge in [0.2, 0.25) is 0 Å². The molecule has 0 amide bonds. The maximum Gasteiger partial charge on any atom is 0.106 e. The molecule has 0 saturated heterocycles. The van der Waals surface area contributed by atoms with E-state index in [0.29, 0.717) is 0 Å². The van der Waals surface area contributed by atoms with Gasteiger partial charge in [-0.1, -0.05) is 29.8 Å². The van der Waals surface area contributed by atoms with Crippen molar-refractivity contribution in [2.45, 2.75) is 6.92 Å². The van der Waals surface area contributed by atoms with Gasteiger partial charge in [0, 0.05) is 5.02 Å². The van der Waals surface area contributed by atoms with Crippen LogP contribution in [0.15, 0.2) is 24.3 Å². The topological polar surface area (TPSA) is 17.1 Å². The van der Waals surface area contributed by atoms with Crippen LogP contribution in [0.5, 0.6) is 0 Å². The van der Waals surface area contributed by atoms with Crippen LogP contribution in [0.4, 0.5) is 0 Å². The van der Waals surface area contributed by atoms with Crippen molar-refractivity contribution in [1.29, 1.82) is 0 Å². The van der Waals surface area contributed by atoms with E-state index in [0.717, 1.165) is 10.6 Å². The van der Waals surface area contributed by atoms with Crippen LogP contribution >= 0.6 is 11.6 Å². The van der Waals surface area contributed by atoms with Gasteiger partial charge >= 0.3 is 0 Å². The molecule has 10 heavy (non-hydrogen) atoms. The fraction of sp³-hybridized carbons (Fsp3) is 0.125. The molecule has 0 atom stereocenters. The molecule has 0 aliphatic heterocycles. The van der Waals surface area contributed by atoms with Crippen molar-refractivity contribution in [1.82, 2.24) is 0 Å². The summed E-state index contributed by atoms with van der Waals surface area (Å²) >= 11 is 5.71. The third kappa shape index (κ3) is 2.65. The molecule has 1 nitrogen and oxygen atoms in total. The number of benzene rings is 1. The molecule has 0 saturated carbocycles. The fourth-order valence-corrected chi connectivity index (χ4v) is 0.687. The molecule has 0 unspecified atom stereocenters. The second-order valence-electron chi connectivity index (χ2n) is 1.75. The third-order valence-corrected chi connectivity index (χ3v) is 1.50. The molecule has 0 fully saturated rings. The average Bonchev–Trinajstić information content (AvgIpc) is 2.00. The summed E-state index contributed by atoms with van der Waals surface area (Å²) in [6.07, 6.45) is 0. The smallest absolute Gasteiger partial charge is 0.106 e. The Morgan fingerprint density at radius 1 is 1.30 bits per heavy atom.